The molecule has 2 N–H and O–H groups in total. The van der Waals surface area contributed by atoms with Gasteiger partial charge in [0.25, 0.3) is 0 Å². The van der Waals surface area contributed by atoms with E-state index in [4.69, 9.17) is 10.2 Å². The van der Waals surface area contributed by atoms with Crippen molar-refractivity contribution in [2.45, 2.75) is 0 Å². The molecule has 0 fully saturated rings. The number of benzene rings is 1. The first-order valence-electron chi connectivity index (χ1n) is 3.18. The van der Waals surface area contributed by atoms with E-state index in [2.05, 4.69) is 0 Å². The molecular formula is C8H9K2O4+. The van der Waals surface area contributed by atoms with Crippen LogP contribution in [0.1, 0.15) is 25.0 Å². The first kappa shape index (κ1) is 17.8. The Bertz CT molecular complexity index is 316. The number of hydrogen-bond donors (Lipinski definition) is 2. The molecule has 14 heavy (non-hydrogen) atoms. The van der Waals surface area contributed by atoms with Gasteiger partial charge in [-0.15, -0.1) is 0 Å². The molecule has 0 aliphatic heterocycles. The van der Waals surface area contributed by atoms with E-state index in [1.165, 1.54) is 24.3 Å². The van der Waals surface area contributed by atoms with Crippen LogP contribution in [0.4, 0.5) is 0 Å². The molecule has 0 amide bonds. The minimum atomic E-state index is -1.23. The van der Waals surface area contributed by atoms with Gasteiger partial charge in [0.2, 0.25) is 0 Å². The van der Waals surface area contributed by atoms with Gasteiger partial charge in [-0.2, -0.15) is 0 Å². The van der Waals surface area contributed by atoms with Crippen LogP contribution in [0.25, 0.3) is 0 Å². The molecule has 66 valence electrons. The van der Waals surface area contributed by atoms with Crippen molar-refractivity contribution in [3.8, 4) is 0 Å². The number of hydrogen-bond acceptors (Lipinski definition) is 2. The number of carboxylic acids is 2. The SMILES string of the molecule is O=C(O)c1ccccc1C(=O)O.[H+].[H-].[H-].[K+].[K+]. The maximum atomic E-state index is 10.5. The van der Waals surface area contributed by atoms with E-state index in [0.717, 1.165) is 0 Å². The van der Waals surface area contributed by atoms with E-state index in [1.807, 2.05) is 0 Å². The van der Waals surface area contributed by atoms with Gasteiger partial charge in [-0.3, -0.25) is 0 Å². The van der Waals surface area contributed by atoms with E-state index in [0.29, 0.717) is 0 Å². The Labute approximate surface area is 170 Å². The summed E-state index contributed by atoms with van der Waals surface area (Å²) in [6.45, 7) is 0. The van der Waals surface area contributed by atoms with Crippen LogP contribution in [0.5, 0.6) is 0 Å². The molecule has 0 aromatic heterocycles. The largest absolute Gasteiger partial charge is 1.00 e. The Morgan fingerprint density at radius 3 is 1.50 bits per heavy atom. The van der Waals surface area contributed by atoms with Gasteiger partial charge in [-0.1, -0.05) is 12.1 Å². The molecular weight excluding hydrogens is 238 g/mol. The standard InChI is InChI=1S/C8H6O4.2K.2H/c9-7(10)5-3-1-2-4-6(5)8(11)12;;;;/h1-4H,(H,9,10)(H,11,12);;;;/q;2*+1;2*-1/p+1. The average Bonchev–Trinajstić information content (AvgIpc) is 2.04. The zero-order valence-electron chi connectivity index (χ0n) is 11.0. The van der Waals surface area contributed by atoms with Crippen LogP contribution in [0.2, 0.25) is 0 Å². The Hall–Kier alpha value is 1.43. The number of carbonyl (C=O) groups is 2. The molecule has 0 aliphatic rings. The molecule has 0 spiro atoms. The minimum Gasteiger partial charge on any atom is -1.00 e. The van der Waals surface area contributed by atoms with Gasteiger partial charge in [0.1, 0.15) is 0 Å². The summed E-state index contributed by atoms with van der Waals surface area (Å²) < 4.78 is 0. The molecule has 0 saturated carbocycles. The van der Waals surface area contributed by atoms with Crippen molar-refractivity contribution in [2.24, 2.45) is 0 Å². The fourth-order valence-electron chi connectivity index (χ4n) is 0.856. The molecule has 0 heterocycles. The predicted octanol–water partition coefficient (Wildman–Crippen LogP) is -4.57. The van der Waals surface area contributed by atoms with Crippen molar-refractivity contribution < 1.29 is 127 Å². The summed E-state index contributed by atoms with van der Waals surface area (Å²) in [5.74, 6) is -2.46. The Kier molecular flexibility index (Phi) is 10.9. The average molecular weight is 247 g/mol. The van der Waals surface area contributed by atoms with Gasteiger partial charge in [0.15, 0.2) is 0 Å². The second kappa shape index (κ2) is 8.57. The molecule has 0 saturated heterocycles. The first-order chi connectivity index (χ1) is 5.63. The van der Waals surface area contributed by atoms with E-state index < -0.39 is 11.9 Å². The van der Waals surface area contributed by atoms with E-state index in [1.54, 1.807) is 0 Å². The van der Waals surface area contributed by atoms with Crippen LogP contribution in [0, 0.1) is 0 Å². The van der Waals surface area contributed by atoms with E-state index >= 15 is 0 Å². The third kappa shape index (κ3) is 4.97. The zero-order chi connectivity index (χ0) is 9.14. The first-order valence-corrected chi connectivity index (χ1v) is 3.18. The molecule has 0 radical (unpaired) electrons. The Balaban J connectivity index is -0.0000000960. The number of rotatable bonds is 2. The third-order valence-electron chi connectivity index (χ3n) is 1.39. The van der Waals surface area contributed by atoms with Crippen molar-refractivity contribution in [3.05, 3.63) is 35.4 Å². The van der Waals surface area contributed by atoms with Gasteiger partial charge in [-0.05, 0) is 12.1 Å². The maximum Gasteiger partial charge on any atom is 1.00 e. The fraction of sp³-hybridized carbons (Fsp3) is 0. The third-order valence-corrected chi connectivity index (χ3v) is 1.39. The van der Waals surface area contributed by atoms with Crippen LogP contribution in [0.3, 0.4) is 0 Å². The summed E-state index contributed by atoms with van der Waals surface area (Å²) >= 11 is 0. The quantitative estimate of drug-likeness (QED) is 0.516. The topological polar surface area (TPSA) is 74.6 Å². The van der Waals surface area contributed by atoms with Crippen LogP contribution < -0.4 is 103 Å². The fourth-order valence-corrected chi connectivity index (χ4v) is 0.856. The molecule has 6 heteroatoms. The zero-order valence-corrected chi connectivity index (χ0v) is 14.3. The molecule has 0 atom stereocenters. The Morgan fingerprint density at radius 2 is 1.29 bits per heavy atom. The van der Waals surface area contributed by atoms with Crippen LogP contribution >= 0.6 is 0 Å². The normalized spacial score (nSPS) is 8.00. The van der Waals surface area contributed by atoms with Gasteiger partial charge < -0.3 is 13.1 Å². The van der Waals surface area contributed by atoms with Gasteiger partial charge in [0.05, 0.1) is 11.1 Å². The molecule has 0 unspecified atom stereocenters. The number of carboxylic acid groups (broad SMARTS) is 2. The summed E-state index contributed by atoms with van der Waals surface area (Å²) in [7, 11) is 0. The van der Waals surface area contributed by atoms with Crippen molar-refractivity contribution in [1.29, 1.82) is 0 Å². The van der Waals surface area contributed by atoms with Crippen LogP contribution in [-0.2, 0) is 0 Å². The maximum absolute atomic E-state index is 10.5. The van der Waals surface area contributed by atoms with Crippen LogP contribution in [0.15, 0.2) is 24.3 Å². The van der Waals surface area contributed by atoms with Gasteiger partial charge in [-0.25, -0.2) is 9.59 Å². The molecule has 0 aliphatic carbocycles. The summed E-state index contributed by atoms with van der Waals surface area (Å²) in [6, 6.07) is 5.48. The summed E-state index contributed by atoms with van der Waals surface area (Å²) in [5, 5.41) is 17.1. The van der Waals surface area contributed by atoms with Gasteiger partial charge in [0, 0.05) is 0 Å². The summed E-state index contributed by atoms with van der Waals surface area (Å²) in [4.78, 5) is 20.9. The Morgan fingerprint density at radius 1 is 1.00 bits per heavy atom. The van der Waals surface area contributed by atoms with Gasteiger partial charge >= 0.3 is 116 Å². The molecule has 4 nitrogen and oxygen atoms in total. The van der Waals surface area contributed by atoms with Crippen molar-refractivity contribution in [3.63, 3.8) is 0 Å². The summed E-state index contributed by atoms with van der Waals surface area (Å²) in [5.41, 5.74) is -0.380. The molecule has 0 bridgehead atoms. The molecule has 1 aromatic rings. The monoisotopic (exact) mass is 247 g/mol. The van der Waals surface area contributed by atoms with E-state index in [9.17, 15) is 9.59 Å². The minimum absolute atomic E-state index is 0. The smallest absolute Gasteiger partial charge is 1.00 e. The predicted molar refractivity (Wildman–Crippen MR) is 43.7 cm³/mol. The van der Waals surface area contributed by atoms with E-state index in [-0.39, 0.29) is 118 Å². The molecule has 1 rings (SSSR count). The number of aromatic carboxylic acids is 2. The second-order valence-corrected chi connectivity index (χ2v) is 2.16. The van der Waals surface area contributed by atoms with Crippen molar-refractivity contribution in [2.75, 3.05) is 0 Å². The van der Waals surface area contributed by atoms with Crippen molar-refractivity contribution in [1.82, 2.24) is 0 Å². The van der Waals surface area contributed by atoms with Crippen LogP contribution in [-0.4, -0.2) is 22.2 Å². The second-order valence-electron chi connectivity index (χ2n) is 2.16. The van der Waals surface area contributed by atoms with Crippen molar-refractivity contribution >= 4 is 11.9 Å². The molecule has 1 aromatic carbocycles. The summed E-state index contributed by atoms with van der Waals surface area (Å²) in [6.07, 6.45) is 0.